The molecule has 0 bridgehead atoms. The van der Waals surface area contributed by atoms with Crippen molar-refractivity contribution >= 4 is 28.9 Å². The molecule has 0 amide bonds. The Balaban J connectivity index is 2.02. The van der Waals surface area contributed by atoms with E-state index in [4.69, 9.17) is 16.3 Å². The van der Waals surface area contributed by atoms with Gasteiger partial charge in [0.05, 0.1) is 19.1 Å². The summed E-state index contributed by atoms with van der Waals surface area (Å²) >= 11 is 7.90. The van der Waals surface area contributed by atoms with Crippen LogP contribution >= 0.6 is 22.9 Å². The predicted molar refractivity (Wildman–Crippen MR) is 96.1 cm³/mol. The van der Waals surface area contributed by atoms with Gasteiger partial charge in [-0.1, -0.05) is 17.7 Å². The highest BCUT2D eigenvalue weighted by molar-refractivity contribution is 7.10. The summed E-state index contributed by atoms with van der Waals surface area (Å²) in [6.07, 6.45) is 1.61. The standard InChI is InChI=1S/C18H20ClNO3S/c1-23-15-7-6-13(19)10-14(15)17(16-5-3-9-24-16)20-8-2-4-12(11-20)18(21)22/h3,5-7,9-10,12,17H,2,4,8,11H2,1H3,(H,21,22). The number of thiophene rings is 1. The Morgan fingerprint density at radius 3 is 2.96 bits per heavy atom. The first-order valence-corrected chi connectivity index (χ1v) is 9.19. The third-order valence-electron chi connectivity index (χ3n) is 4.47. The maximum absolute atomic E-state index is 11.5. The number of ether oxygens (including phenoxy) is 1. The molecule has 1 aromatic carbocycles. The van der Waals surface area contributed by atoms with Crippen molar-refractivity contribution in [3.63, 3.8) is 0 Å². The Hall–Kier alpha value is -1.56. The molecule has 0 radical (unpaired) electrons. The Labute approximate surface area is 150 Å². The number of aliphatic carboxylic acids is 1. The van der Waals surface area contributed by atoms with Gasteiger partial charge in [-0.2, -0.15) is 0 Å². The number of benzene rings is 1. The quantitative estimate of drug-likeness (QED) is 0.858. The fraction of sp³-hybridized carbons (Fsp3) is 0.389. The average molecular weight is 366 g/mol. The number of carbonyl (C=O) groups is 1. The largest absolute Gasteiger partial charge is 0.496 e. The van der Waals surface area contributed by atoms with Crippen molar-refractivity contribution in [3.8, 4) is 5.75 Å². The Morgan fingerprint density at radius 2 is 2.29 bits per heavy atom. The number of carboxylic acids is 1. The topological polar surface area (TPSA) is 49.8 Å². The molecule has 2 atom stereocenters. The lowest BCUT2D eigenvalue weighted by molar-refractivity contribution is -0.143. The molecule has 2 aromatic rings. The van der Waals surface area contributed by atoms with Crippen LogP contribution < -0.4 is 4.74 Å². The molecular weight excluding hydrogens is 346 g/mol. The molecule has 0 spiro atoms. The molecule has 3 rings (SSSR count). The van der Waals surface area contributed by atoms with E-state index in [1.807, 2.05) is 29.6 Å². The van der Waals surface area contributed by atoms with E-state index in [2.05, 4.69) is 11.0 Å². The van der Waals surface area contributed by atoms with Crippen LogP contribution in [0.4, 0.5) is 0 Å². The van der Waals surface area contributed by atoms with Gasteiger partial charge >= 0.3 is 5.97 Å². The summed E-state index contributed by atoms with van der Waals surface area (Å²) < 4.78 is 5.55. The van der Waals surface area contributed by atoms with E-state index in [0.717, 1.165) is 30.7 Å². The molecule has 0 aliphatic carbocycles. The third-order valence-corrected chi connectivity index (χ3v) is 5.63. The minimum atomic E-state index is -0.720. The lowest BCUT2D eigenvalue weighted by Gasteiger charge is -2.37. The minimum absolute atomic E-state index is 0.0409. The normalized spacial score (nSPS) is 19.8. The summed E-state index contributed by atoms with van der Waals surface area (Å²) in [6.45, 7) is 1.40. The molecule has 0 saturated carbocycles. The molecular formula is C18H20ClNO3S. The van der Waals surface area contributed by atoms with Crippen LogP contribution in [0.3, 0.4) is 0 Å². The highest BCUT2D eigenvalue weighted by Crippen LogP contribution is 2.40. The van der Waals surface area contributed by atoms with Gasteiger partial charge in [-0.05, 0) is 49.0 Å². The lowest BCUT2D eigenvalue weighted by atomic mass is 9.94. The Kier molecular flexibility index (Phi) is 5.43. The van der Waals surface area contributed by atoms with Crippen LogP contribution in [0.1, 0.15) is 29.3 Å². The van der Waals surface area contributed by atoms with Gasteiger partial charge in [-0.25, -0.2) is 0 Å². The molecule has 1 fully saturated rings. The maximum Gasteiger partial charge on any atom is 0.307 e. The van der Waals surface area contributed by atoms with Gasteiger partial charge in [0.1, 0.15) is 5.75 Å². The molecule has 1 saturated heterocycles. The van der Waals surface area contributed by atoms with E-state index >= 15 is 0 Å². The second-order valence-corrected chi connectivity index (χ2v) is 7.39. The zero-order chi connectivity index (χ0) is 17.1. The van der Waals surface area contributed by atoms with E-state index < -0.39 is 5.97 Å². The molecule has 2 heterocycles. The lowest BCUT2D eigenvalue weighted by Crippen LogP contribution is -2.41. The number of carboxylic acid groups (broad SMARTS) is 1. The number of methoxy groups -OCH3 is 1. The van der Waals surface area contributed by atoms with Crippen LogP contribution in [0.2, 0.25) is 5.02 Å². The third kappa shape index (κ3) is 3.58. The van der Waals surface area contributed by atoms with Gasteiger partial charge in [0.2, 0.25) is 0 Å². The summed E-state index contributed by atoms with van der Waals surface area (Å²) in [7, 11) is 1.65. The maximum atomic E-state index is 11.5. The molecule has 4 nitrogen and oxygen atoms in total. The minimum Gasteiger partial charge on any atom is -0.496 e. The predicted octanol–water partition coefficient (Wildman–Crippen LogP) is 4.30. The summed E-state index contributed by atoms with van der Waals surface area (Å²) in [6, 6.07) is 9.67. The van der Waals surface area contributed by atoms with Crippen LogP contribution in [0.15, 0.2) is 35.7 Å². The highest BCUT2D eigenvalue weighted by Gasteiger charge is 2.33. The first-order valence-electron chi connectivity index (χ1n) is 7.94. The summed E-state index contributed by atoms with van der Waals surface area (Å²) in [5, 5.41) is 12.1. The molecule has 1 aliphatic heterocycles. The van der Waals surface area contributed by atoms with Gasteiger partial charge in [0.15, 0.2) is 0 Å². The van der Waals surface area contributed by atoms with E-state index in [1.165, 1.54) is 4.88 Å². The van der Waals surface area contributed by atoms with Gasteiger partial charge < -0.3 is 9.84 Å². The highest BCUT2D eigenvalue weighted by atomic mass is 35.5. The fourth-order valence-electron chi connectivity index (χ4n) is 3.34. The Morgan fingerprint density at radius 1 is 1.46 bits per heavy atom. The SMILES string of the molecule is COc1ccc(Cl)cc1C(c1cccs1)N1CCCC(C(=O)O)C1. The second-order valence-electron chi connectivity index (χ2n) is 5.98. The number of hydrogen-bond acceptors (Lipinski definition) is 4. The van der Waals surface area contributed by atoms with Crippen molar-refractivity contribution in [2.75, 3.05) is 20.2 Å². The summed E-state index contributed by atoms with van der Waals surface area (Å²) in [5.74, 6) is -0.274. The van der Waals surface area contributed by atoms with Crippen molar-refractivity contribution in [2.24, 2.45) is 5.92 Å². The van der Waals surface area contributed by atoms with E-state index in [-0.39, 0.29) is 12.0 Å². The first-order chi connectivity index (χ1) is 11.6. The second kappa shape index (κ2) is 7.55. The van der Waals surface area contributed by atoms with Crippen molar-refractivity contribution < 1.29 is 14.6 Å². The monoisotopic (exact) mass is 365 g/mol. The Bertz CT molecular complexity index is 704. The molecule has 2 unspecified atom stereocenters. The molecule has 6 heteroatoms. The van der Waals surface area contributed by atoms with E-state index in [9.17, 15) is 9.90 Å². The van der Waals surface area contributed by atoms with Gasteiger partial charge in [0, 0.05) is 22.0 Å². The van der Waals surface area contributed by atoms with Crippen molar-refractivity contribution in [3.05, 3.63) is 51.2 Å². The van der Waals surface area contributed by atoms with Crippen LogP contribution in [-0.2, 0) is 4.79 Å². The van der Waals surface area contributed by atoms with Crippen LogP contribution in [0.25, 0.3) is 0 Å². The zero-order valence-electron chi connectivity index (χ0n) is 13.4. The molecule has 128 valence electrons. The first kappa shape index (κ1) is 17.3. The number of piperidine rings is 1. The summed E-state index contributed by atoms with van der Waals surface area (Å²) in [5.41, 5.74) is 0.985. The molecule has 24 heavy (non-hydrogen) atoms. The number of hydrogen-bond donors (Lipinski definition) is 1. The fourth-order valence-corrected chi connectivity index (χ4v) is 4.40. The van der Waals surface area contributed by atoms with E-state index in [1.54, 1.807) is 18.4 Å². The molecule has 1 N–H and O–H groups in total. The van der Waals surface area contributed by atoms with Crippen LogP contribution in [0, 0.1) is 5.92 Å². The van der Waals surface area contributed by atoms with Crippen molar-refractivity contribution in [2.45, 2.75) is 18.9 Å². The van der Waals surface area contributed by atoms with Crippen molar-refractivity contribution in [1.29, 1.82) is 0 Å². The number of rotatable bonds is 5. The van der Waals surface area contributed by atoms with Crippen LogP contribution in [-0.4, -0.2) is 36.2 Å². The number of likely N-dealkylation sites (tertiary alicyclic amines) is 1. The van der Waals surface area contributed by atoms with Gasteiger partial charge in [-0.3, -0.25) is 9.69 Å². The smallest absolute Gasteiger partial charge is 0.307 e. The van der Waals surface area contributed by atoms with Crippen molar-refractivity contribution in [1.82, 2.24) is 4.90 Å². The molecule has 1 aliphatic rings. The van der Waals surface area contributed by atoms with Crippen LogP contribution in [0.5, 0.6) is 5.75 Å². The molecule has 1 aromatic heterocycles. The van der Waals surface area contributed by atoms with E-state index in [0.29, 0.717) is 11.6 Å². The number of halogens is 1. The summed E-state index contributed by atoms with van der Waals surface area (Å²) in [4.78, 5) is 14.9. The zero-order valence-corrected chi connectivity index (χ0v) is 15.0. The van der Waals surface area contributed by atoms with Gasteiger partial charge in [-0.15, -0.1) is 11.3 Å². The van der Waals surface area contributed by atoms with Gasteiger partial charge in [0.25, 0.3) is 0 Å². The number of nitrogens with zero attached hydrogens (tertiary/aromatic N) is 1. The average Bonchev–Trinajstić information content (AvgIpc) is 3.10.